The summed E-state index contributed by atoms with van der Waals surface area (Å²) in [5, 5.41) is 0. The summed E-state index contributed by atoms with van der Waals surface area (Å²) in [6.07, 6.45) is 5.92. The van der Waals surface area contributed by atoms with Crippen molar-refractivity contribution in [1.29, 1.82) is 0 Å². The first-order valence-electron chi connectivity index (χ1n) is 6.76. The molecule has 0 atom stereocenters. The molecule has 1 aromatic carbocycles. The van der Waals surface area contributed by atoms with E-state index in [9.17, 15) is 4.79 Å². The fraction of sp³-hybridized carbons (Fsp3) is 0.500. The fourth-order valence-corrected chi connectivity index (χ4v) is 2.01. The Morgan fingerprint density at radius 3 is 2.84 bits per heavy atom. The number of hydrogen-bond acceptors (Lipinski definition) is 4. The van der Waals surface area contributed by atoms with Crippen LogP contribution >= 0.6 is 0 Å². The van der Waals surface area contributed by atoms with Crippen LogP contribution in [0, 0.1) is 0 Å². The van der Waals surface area contributed by atoms with Crippen LogP contribution in [0.25, 0.3) is 11.1 Å². The van der Waals surface area contributed by atoms with Gasteiger partial charge >= 0.3 is 5.76 Å². The maximum Gasteiger partial charge on any atom is 0.417 e. The van der Waals surface area contributed by atoms with Crippen molar-refractivity contribution in [3.8, 4) is 5.75 Å². The minimum Gasteiger partial charge on any atom is -0.491 e. The van der Waals surface area contributed by atoms with Crippen molar-refractivity contribution >= 4 is 16.8 Å². The van der Waals surface area contributed by atoms with Crippen LogP contribution in [-0.2, 0) is 0 Å². The van der Waals surface area contributed by atoms with E-state index in [1.54, 1.807) is 12.1 Å². The number of benzene rings is 1. The summed E-state index contributed by atoms with van der Waals surface area (Å²) in [4.78, 5) is 13.7. The van der Waals surface area contributed by atoms with Gasteiger partial charge in [0.25, 0.3) is 0 Å². The number of fused-ring (bicyclic) bond motifs is 1. The van der Waals surface area contributed by atoms with Gasteiger partial charge in [-0.2, -0.15) is 0 Å². The molecule has 0 aliphatic rings. The van der Waals surface area contributed by atoms with Gasteiger partial charge in [0.15, 0.2) is 5.58 Å². The number of nitrogens with one attached hydrogen (secondary N) is 1. The molecule has 0 bridgehead atoms. The summed E-state index contributed by atoms with van der Waals surface area (Å²) in [7, 11) is 0. The number of ether oxygens (including phenoxy) is 1. The van der Waals surface area contributed by atoms with E-state index in [4.69, 9.17) is 14.9 Å². The lowest BCUT2D eigenvalue weighted by molar-refractivity contribution is 0.306. The average molecular weight is 264 g/mol. The second-order valence-electron chi connectivity index (χ2n) is 4.66. The molecule has 0 fully saturated rings. The molecule has 3 N–H and O–H groups in total. The molecule has 0 amide bonds. The Balaban J connectivity index is 1.92. The van der Waals surface area contributed by atoms with E-state index in [-0.39, 0.29) is 0 Å². The number of anilines is 1. The Kier molecular flexibility index (Phi) is 4.49. The van der Waals surface area contributed by atoms with Crippen LogP contribution in [0.3, 0.4) is 0 Å². The number of nitrogens with two attached hydrogens (primary N) is 1. The van der Waals surface area contributed by atoms with E-state index < -0.39 is 5.76 Å². The molecule has 0 saturated carbocycles. The molecule has 19 heavy (non-hydrogen) atoms. The number of aromatic nitrogens is 1. The Morgan fingerprint density at radius 2 is 2.05 bits per heavy atom. The number of H-pyrrole nitrogens is 1. The normalized spacial score (nSPS) is 11.0. The first-order chi connectivity index (χ1) is 9.20. The van der Waals surface area contributed by atoms with Gasteiger partial charge in [-0.15, -0.1) is 0 Å². The Morgan fingerprint density at radius 1 is 1.26 bits per heavy atom. The average Bonchev–Trinajstić information content (AvgIpc) is 2.72. The van der Waals surface area contributed by atoms with Gasteiger partial charge in [0.2, 0.25) is 0 Å². The Hall–Kier alpha value is -1.91. The van der Waals surface area contributed by atoms with Crippen LogP contribution in [-0.4, -0.2) is 11.6 Å². The van der Waals surface area contributed by atoms with Crippen molar-refractivity contribution in [1.82, 2.24) is 4.98 Å². The van der Waals surface area contributed by atoms with Crippen molar-refractivity contribution in [3.05, 3.63) is 22.7 Å². The molecule has 0 aliphatic heterocycles. The minimum atomic E-state index is -0.480. The third-order valence-electron chi connectivity index (χ3n) is 3.06. The quantitative estimate of drug-likeness (QED) is 0.595. The second kappa shape index (κ2) is 6.31. The molecule has 5 nitrogen and oxygen atoms in total. The molecule has 0 spiro atoms. The summed E-state index contributed by atoms with van der Waals surface area (Å²) >= 11 is 0. The predicted octanol–water partition coefficient (Wildman–Crippen LogP) is 3.05. The molecule has 0 radical (unpaired) electrons. The molecular weight excluding hydrogens is 244 g/mol. The van der Waals surface area contributed by atoms with Crippen LogP contribution in [0.2, 0.25) is 0 Å². The van der Waals surface area contributed by atoms with Crippen molar-refractivity contribution in [2.75, 3.05) is 12.3 Å². The maximum absolute atomic E-state index is 11.1. The lowest BCUT2D eigenvalue weighted by Gasteiger charge is -2.08. The highest BCUT2D eigenvalue weighted by atomic mass is 16.5. The predicted molar refractivity (Wildman–Crippen MR) is 75.5 cm³/mol. The van der Waals surface area contributed by atoms with E-state index in [0.717, 1.165) is 6.42 Å². The van der Waals surface area contributed by atoms with Crippen LogP contribution in [0.5, 0.6) is 5.75 Å². The zero-order valence-corrected chi connectivity index (χ0v) is 11.2. The molecule has 0 aliphatic carbocycles. The molecule has 104 valence electrons. The zero-order valence-electron chi connectivity index (χ0n) is 11.2. The van der Waals surface area contributed by atoms with Gasteiger partial charge in [-0.25, -0.2) is 4.79 Å². The first-order valence-corrected chi connectivity index (χ1v) is 6.76. The third-order valence-corrected chi connectivity index (χ3v) is 3.06. The minimum absolute atomic E-state index is 0.456. The van der Waals surface area contributed by atoms with E-state index in [0.29, 0.717) is 29.1 Å². The molecule has 0 unspecified atom stereocenters. The number of nitrogen functional groups attached to an aromatic ring is 1. The molecule has 1 aromatic heterocycles. The zero-order chi connectivity index (χ0) is 13.7. The lowest BCUT2D eigenvalue weighted by Crippen LogP contribution is -2.00. The number of unbranched alkanes of at least 4 members (excludes halogenated alkanes) is 4. The maximum atomic E-state index is 11.1. The van der Waals surface area contributed by atoms with Gasteiger partial charge in [0, 0.05) is 12.1 Å². The van der Waals surface area contributed by atoms with Crippen LogP contribution in [0.15, 0.2) is 21.3 Å². The third kappa shape index (κ3) is 3.53. The highest BCUT2D eigenvalue weighted by Gasteiger charge is 2.07. The number of rotatable bonds is 7. The van der Waals surface area contributed by atoms with Crippen molar-refractivity contribution in [2.45, 2.75) is 39.0 Å². The van der Waals surface area contributed by atoms with Crippen LogP contribution in [0.4, 0.5) is 5.69 Å². The number of hydrogen-bond donors (Lipinski definition) is 2. The SMILES string of the molecule is CCCCCCCOc1cc2[nH]c(=O)oc2cc1N. The fourth-order valence-electron chi connectivity index (χ4n) is 2.01. The molecule has 0 saturated heterocycles. The highest BCUT2D eigenvalue weighted by molar-refractivity contribution is 5.80. The van der Waals surface area contributed by atoms with E-state index in [1.165, 1.54) is 25.7 Å². The van der Waals surface area contributed by atoms with E-state index in [2.05, 4.69) is 11.9 Å². The smallest absolute Gasteiger partial charge is 0.417 e. The van der Waals surface area contributed by atoms with Crippen LogP contribution in [0.1, 0.15) is 39.0 Å². The molecule has 2 rings (SSSR count). The number of oxazole rings is 1. The van der Waals surface area contributed by atoms with Gasteiger partial charge in [0.1, 0.15) is 5.75 Å². The summed E-state index contributed by atoms with van der Waals surface area (Å²) in [6.45, 7) is 2.83. The summed E-state index contributed by atoms with van der Waals surface area (Å²) in [5.41, 5.74) is 7.41. The summed E-state index contributed by atoms with van der Waals surface area (Å²) in [5.74, 6) is 0.117. The van der Waals surface area contributed by atoms with Crippen molar-refractivity contribution < 1.29 is 9.15 Å². The van der Waals surface area contributed by atoms with Crippen molar-refractivity contribution in [3.63, 3.8) is 0 Å². The van der Waals surface area contributed by atoms with Gasteiger partial charge < -0.3 is 14.9 Å². The van der Waals surface area contributed by atoms with Gasteiger partial charge in [-0.3, -0.25) is 4.98 Å². The Bertz CT molecular complexity index is 586. The standard InChI is InChI=1S/C14H20N2O3/c1-2-3-4-5-6-7-18-12-9-11-13(8-10(12)15)19-14(17)16-11/h8-9H,2-7,15H2,1H3,(H,16,17). The summed E-state index contributed by atoms with van der Waals surface area (Å²) < 4.78 is 10.6. The first kappa shape index (κ1) is 13.5. The molecule has 5 heteroatoms. The Labute approximate surface area is 111 Å². The van der Waals surface area contributed by atoms with E-state index >= 15 is 0 Å². The lowest BCUT2D eigenvalue weighted by atomic mass is 10.2. The van der Waals surface area contributed by atoms with E-state index in [1.807, 2.05) is 0 Å². The van der Waals surface area contributed by atoms with Crippen molar-refractivity contribution in [2.24, 2.45) is 0 Å². The van der Waals surface area contributed by atoms with Gasteiger partial charge in [0.05, 0.1) is 17.8 Å². The largest absolute Gasteiger partial charge is 0.491 e. The van der Waals surface area contributed by atoms with Gasteiger partial charge in [-0.1, -0.05) is 32.6 Å². The number of aromatic amines is 1. The van der Waals surface area contributed by atoms with Crippen LogP contribution < -0.4 is 16.2 Å². The topological polar surface area (TPSA) is 81.2 Å². The highest BCUT2D eigenvalue weighted by Crippen LogP contribution is 2.26. The monoisotopic (exact) mass is 264 g/mol. The van der Waals surface area contributed by atoms with Gasteiger partial charge in [-0.05, 0) is 6.42 Å². The summed E-state index contributed by atoms with van der Waals surface area (Å²) in [6, 6.07) is 3.32. The molecule has 2 aromatic rings. The second-order valence-corrected chi connectivity index (χ2v) is 4.66. The molecule has 1 heterocycles. The molecular formula is C14H20N2O3.